The van der Waals surface area contributed by atoms with Crippen LogP contribution in [0.2, 0.25) is 0 Å². The number of nitrogens with zero attached hydrogens (tertiary/aromatic N) is 2. The Morgan fingerprint density at radius 1 is 1.72 bits per heavy atom. The lowest BCUT2D eigenvalue weighted by atomic mass is 10.1. The minimum atomic E-state index is -1.07. The van der Waals surface area contributed by atoms with E-state index in [1.54, 1.807) is 6.07 Å². The number of nitro groups is 1. The third-order valence-corrected chi connectivity index (χ3v) is 2.83. The van der Waals surface area contributed by atoms with Crippen LogP contribution in [-0.4, -0.2) is 10.8 Å². The van der Waals surface area contributed by atoms with Gasteiger partial charge in [0, 0.05) is 6.07 Å². The van der Waals surface area contributed by atoms with E-state index in [1.165, 1.54) is 6.92 Å². The van der Waals surface area contributed by atoms with E-state index >= 15 is 0 Å². The highest BCUT2D eigenvalue weighted by Crippen LogP contribution is 2.35. The van der Waals surface area contributed by atoms with Crippen LogP contribution in [0, 0.1) is 34.2 Å². The first-order chi connectivity index (χ1) is 8.38. The predicted octanol–water partition coefficient (Wildman–Crippen LogP) is 2.66. The minimum Gasteiger partial charge on any atom is -0.324 e. The molecular weight excluding hydrogens is 309 g/mol. The van der Waals surface area contributed by atoms with Crippen molar-refractivity contribution in [2.24, 2.45) is 0 Å². The van der Waals surface area contributed by atoms with Crippen LogP contribution in [0.4, 0.5) is 15.8 Å². The Balaban J connectivity index is 3.24. The third kappa shape index (κ3) is 2.81. The van der Waals surface area contributed by atoms with Crippen LogP contribution in [0.25, 0.3) is 0 Å². The second-order valence-electron chi connectivity index (χ2n) is 3.36. The van der Waals surface area contributed by atoms with Gasteiger partial charge in [0.25, 0.3) is 0 Å². The average molecular weight is 316 g/mol. The number of nitro benzene ring substituents is 1. The molecule has 6 nitrogen and oxygen atoms in total. The second kappa shape index (κ2) is 5.55. The first-order valence-electron chi connectivity index (χ1n) is 4.68. The minimum absolute atomic E-state index is 0.0818. The number of anilines is 1. The molecule has 0 saturated heterocycles. The Labute approximate surface area is 110 Å². The van der Waals surface area contributed by atoms with E-state index in [4.69, 9.17) is 5.26 Å². The number of benzene rings is 1. The van der Waals surface area contributed by atoms with Gasteiger partial charge in [-0.2, -0.15) is 9.65 Å². The van der Waals surface area contributed by atoms with Crippen molar-refractivity contribution in [1.82, 2.24) is 0 Å². The van der Waals surface area contributed by atoms with Gasteiger partial charge in [-0.25, -0.2) is 0 Å². The fourth-order valence-corrected chi connectivity index (χ4v) is 1.89. The summed E-state index contributed by atoms with van der Waals surface area (Å²) in [5, 5.41) is 21.2. The topological polar surface area (TPSA) is 96.0 Å². The largest absolute Gasteiger partial charge is 0.324 e. The quantitative estimate of drug-likeness (QED) is 0.685. The van der Waals surface area contributed by atoms with Crippen molar-refractivity contribution in [2.45, 2.75) is 13.3 Å². The van der Waals surface area contributed by atoms with E-state index in [9.17, 15) is 19.3 Å². The fraction of sp³-hybridized carbons (Fsp3) is 0.200. The van der Waals surface area contributed by atoms with Gasteiger partial charge in [0.15, 0.2) is 0 Å². The molecule has 1 amide bonds. The number of aryl methyl sites for hydroxylation is 1. The van der Waals surface area contributed by atoms with Gasteiger partial charge < -0.3 is 5.32 Å². The number of carbonyl (C=O) groups is 1. The SMILES string of the molecule is Cc1cc([N+](=O)[O-])c(F)c(Br)c1NC(=O)CC#N. The number of nitrogens with one attached hydrogen (secondary N) is 1. The van der Waals surface area contributed by atoms with Crippen LogP contribution >= 0.6 is 15.9 Å². The van der Waals surface area contributed by atoms with E-state index < -0.39 is 22.3 Å². The number of hydrogen-bond donors (Lipinski definition) is 1. The van der Waals surface area contributed by atoms with Gasteiger partial charge in [0.2, 0.25) is 11.7 Å². The highest BCUT2D eigenvalue weighted by atomic mass is 79.9. The lowest BCUT2D eigenvalue weighted by Crippen LogP contribution is -2.12. The average Bonchev–Trinajstić information content (AvgIpc) is 2.29. The number of carbonyl (C=O) groups excluding carboxylic acids is 1. The molecule has 1 N–H and O–H groups in total. The van der Waals surface area contributed by atoms with Gasteiger partial charge in [-0.1, -0.05) is 0 Å². The Hall–Kier alpha value is -2.01. The van der Waals surface area contributed by atoms with Crippen molar-refractivity contribution < 1.29 is 14.1 Å². The number of nitriles is 1. The highest BCUT2D eigenvalue weighted by Gasteiger charge is 2.22. The third-order valence-electron chi connectivity index (χ3n) is 2.09. The molecule has 0 fully saturated rings. The molecule has 0 bridgehead atoms. The fourth-order valence-electron chi connectivity index (χ4n) is 1.28. The first-order valence-corrected chi connectivity index (χ1v) is 5.47. The molecule has 0 heterocycles. The summed E-state index contributed by atoms with van der Waals surface area (Å²) in [6.07, 6.45) is -0.384. The van der Waals surface area contributed by atoms with Crippen molar-refractivity contribution in [3.63, 3.8) is 0 Å². The molecule has 1 aromatic rings. The monoisotopic (exact) mass is 315 g/mol. The molecule has 0 aliphatic heterocycles. The van der Waals surface area contributed by atoms with Crippen LogP contribution in [-0.2, 0) is 4.79 Å². The first kappa shape index (κ1) is 14.1. The lowest BCUT2D eigenvalue weighted by Gasteiger charge is -2.10. The highest BCUT2D eigenvalue weighted by molar-refractivity contribution is 9.10. The van der Waals surface area contributed by atoms with Crippen molar-refractivity contribution >= 4 is 33.2 Å². The van der Waals surface area contributed by atoms with E-state index in [-0.39, 0.29) is 16.6 Å². The Morgan fingerprint density at radius 3 is 2.83 bits per heavy atom. The number of amides is 1. The van der Waals surface area contributed by atoms with Crippen molar-refractivity contribution in [2.75, 3.05) is 5.32 Å². The van der Waals surface area contributed by atoms with Gasteiger partial charge in [-0.15, -0.1) is 0 Å². The van der Waals surface area contributed by atoms with Crippen molar-refractivity contribution in [3.8, 4) is 6.07 Å². The normalized spacial score (nSPS) is 9.67. The number of halogens is 2. The molecule has 18 heavy (non-hydrogen) atoms. The molecule has 1 aromatic carbocycles. The van der Waals surface area contributed by atoms with Crippen LogP contribution in [0.15, 0.2) is 10.5 Å². The standard InChI is InChI=1S/C10H7BrFN3O3/c1-5-4-6(15(17)18)9(12)8(11)10(5)14-7(16)2-3-13/h4H,2H2,1H3,(H,14,16). The summed E-state index contributed by atoms with van der Waals surface area (Å²) in [4.78, 5) is 21.0. The van der Waals surface area contributed by atoms with Crippen LogP contribution < -0.4 is 5.32 Å². The van der Waals surface area contributed by atoms with E-state index in [2.05, 4.69) is 21.2 Å². The summed E-state index contributed by atoms with van der Waals surface area (Å²) >= 11 is 2.85. The molecule has 0 saturated carbocycles. The zero-order chi connectivity index (χ0) is 13.9. The zero-order valence-corrected chi connectivity index (χ0v) is 10.7. The molecule has 8 heteroatoms. The van der Waals surface area contributed by atoms with E-state index in [0.717, 1.165) is 6.07 Å². The summed E-state index contributed by atoms with van der Waals surface area (Å²) in [6, 6.07) is 2.66. The molecule has 1 rings (SSSR count). The molecule has 94 valence electrons. The summed E-state index contributed by atoms with van der Waals surface area (Å²) in [7, 11) is 0. The molecule has 0 radical (unpaired) electrons. The zero-order valence-electron chi connectivity index (χ0n) is 9.16. The Kier molecular flexibility index (Phi) is 4.33. The Bertz CT molecular complexity index is 568. The maximum Gasteiger partial charge on any atom is 0.306 e. The molecule has 0 aliphatic rings. The number of hydrogen-bond acceptors (Lipinski definition) is 4. The summed E-state index contributed by atoms with van der Waals surface area (Å²) in [5.74, 6) is -1.69. The van der Waals surface area contributed by atoms with E-state index in [0.29, 0.717) is 5.56 Å². The van der Waals surface area contributed by atoms with Crippen LogP contribution in [0.5, 0.6) is 0 Å². The Morgan fingerprint density at radius 2 is 2.33 bits per heavy atom. The van der Waals surface area contributed by atoms with Crippen molar-refractivity contribution in [1.29, 1.82) is 5.26 Å². The maximum absolute atomic E-state index is 13.6. The summed E-state index contributed by atoms with van der Waals surface area (Å²) in [6.45, 7) is 1.49. The smallest absolute Gasteiger partial charge is 0.306 e. The van der Waals surface area contributed by atoms with E-state index in [1.807, 2.05) is 0 Å². The molecule has 0 unspecified atom stereocenters. The molecule has 0 aromatic heterocycles. The van der Waals surface area contributed by atoms with Crippen LogP contribution in [0.3, 0.4) is 0 Å². The van der Waals surface area contributed by atoms with Gasteiger partial charge in [-0.3, -0.25) is 14.9 Å². The summed E-state index contributed by atoms with van der Waals surface area (Å²) < 4.78 is 13.4. The van der Waals surface area contributed by atoms with Crippen molar-refractivity contribution in [3.05, 3.63) is 32.0 Å². The van der Waals surface area contributed by atoms with Gasteiger partial charge in [-0.05, 0) is 28.4 Å². The second-order valence-corrected chi connectivity index (χ2v) is 4.15. The predicted molar refractivity (Wildman–Crippen MR) is 64.4 cm³/mol. The molecular formula is C10H7BrFN3O3. The molecule has 0 aliphatic carbocycles. The molecule has 0 atom stereocenters. The number of rotatable bonds is 3. The van der Waals surface area contributed by atoms with Gasteiger partial charge in [0.1, 0.15) is 6.42 Å². The maximum atomic E-state index is 13.6. The van der Waals surface area contributed by atoms with Crippen LogP contribution in [0.1, 0.15) is 12.0 Å². The van der Waals surface area contributed by atoms with Gasteiger partial charge in [0.05, 0.1) is 21.2 Å². The molecule has 0 spiro atoms. The van der Waals surface area contributed by atoms with Gasteiger partial charge >= 0.3 is 5.69 Å². The lowest BCUT2D eigenvalue weighted by molar-refractivity contribution is -0.387. The summed E-state index contributed by atoms with van der Waals surface area (Å²) in [5.41, 5.74) is -0.280.